The first-order valence-corrected chi connectivity index (χ1v) is 8.16. The van der Waals surface area contributed by atoms with Crippen LogP contribution in [0.25, 0.3) is 5.69 Å². The third-order valence-corrected chi connectivity index (χ3v) is 4.03. The molecule has 0 radical (unpaired) electrons. The summed E-state index contributed by atoms with van der Waals surface area (Å²) < 4.78 is 21.3. The van der Waals surface area contributed by atoms with Crippen LogP contribution in [0, 0.1) is 6.92 Å². The van der Waals surface area contributed by atoms with Gasteiger partial charge in [0, 0.05) is 0 Å². The smallest absolute Gasteiger partial charge is 0.299 e. The van der Waals surface area contributed by atoms with E-state index in [0.29, 0.717) is 17.1 Å². The lowest BCUT2D eigenvalue weighted by atomic mass is 10.3. The number of aryl methyl sites for hydroxylation is 1. The van der Waals surface area contributed by atoms with Gasteiger partial charge in [-0.25, -0.2) is 8.89 Å². The molecule has 0 fully saturated rings. The second-order valence-corrected chi connectivity index (χ2v) is 5.97. The average molecular weight is 342 g/mol. The minimum absolute atomic E-state index is 0.216. The van der Waals surface area contributed by atoms with Gasteiger partial charge in [0.25, 0.3) is 5.56 Å². The molecule has 24 heavy (non-hydrogen) atoms. The fourth-order valence-electron chi connectivity index (χ4n) is 2.15. The Morgan fingerprint density at radius 2 is 1.71 bits per heavy atom. The van der Waals surface area contributed by atoms with E-state index < -0.39 is 11.1 Å². The summed E-state index contributed by atoms with van der Waals surface area (Å²) in [6.45, 7) is 1.74. The van der Waals surface area contributed by atoms with E-state index in [0.717, 1.165) is 0 Å². The largest absolute Gasteiger partial charge is 0.302 e. The fraction of sp³-hybridized carbons (Fsp3) is 0.0625. The molecular formula is C16H14N4O3S. The van der Waals surface area contributed by atoms with E-state index in [-0.39, 0.29) is 16.1 Å². The Morgan fingerprint density at radius 3 is 2.33 bits per heavy atom. The van der Waals surface area contributed by atoms with Crippen LogP contribution in [-0.2, 0) is 11.1 Å². The summed E-state index contributed by atoms with van der Waals surface area (Å²) in [7, 11) is 0. The molecule has 0 bridgehead atoms. The van der Waals surface area contributed by atoms with Crippen LogP contribution in [0.2, 0.25) is 0 Å². The molecule has 0 aliphatic rings. The monoisotopic (exact) mass is 342 g/mol. The molecule has 3 aromatic rings. The highest BCUT2D eigenvalue weighted by atomic mass is 32.2. The fourth-order valence-corrected chi connectivity index (χ4v) is 2.52. The first-order chi connectivity index (χ1) is 11.6. The van der Waals surface area contributed by atoms with Crippen LogP contribution < -0.4 is 5.56 Å². The number of hydrogen-bond donors (Lipinski definition) is 2. The van der Waals surface area contributed by atoms with Crippen molar-refractivity contribution in [2.45, 2.75) is 11.8 Å². The van der Waals surface area contributed by atoms with Crippen molar-refractivity contribution in [3.05, 3.63) is 70.6 Å². The Balaban J connectivity index is 1.92. The molecule has 1 atom stereocenters. The zero-order valence-corrected chi connectivity index (χ0v) is 13.5. The van der Waals surface area contributed by atoms with Gasteiger partial charge < -0.3 is 4.55 Å². The molecule has 1 heterocycles. The van der Waals surface area contributed by atoms with Crippen LogP contribution in [0.15, 0.2) is 74.5 Å². The SMILES string of the molecule is Cc1[nH]n(-c2ccccc2)c(=O)c1N=Nc1ccc(S(=O)O)cc1. The van der Waals surface area contributed by atoms with Crippen molar-refractivity contribution in [1.82, 2.24) is 9.78 Å². The van der Waals surface area contributed by atoms with Gasteiger partial charge in [0.1, 0.15) is 0 Å². The molecule has 1 aromatic heterocycles. The number of nitrogens with zero attached hydrogens (tertiary/aromatic N) is 3. The van der Waals surface area contributed by atoms with Crippen LogP contribution >= 0.6 is 0 Å². The van der Waals surface area contributed by atoms with E-state index in [4.69, 9.17) is 4.55 Å². The van der Waals surface area contributed by atoms with Crippen molar-refractivity contribution in [2.24, 2.45) is 10.2 Å². The normalized spacial score (nSPS) is 12.6. The predicted octanol–water partition coefficient (Wildman–Crippen LogP) is 3.47. The Labute approximate surface area is 140 Å². The van der Waals surface area contributed by atoms with Gasteiger partial charge in [-0.3, -0.25) is 9.89 Å². The second-order valence-electron chi connectivity index (χ2n) is 5.00. The van der Waals surface area contributed by atoms with Crippen LogP contribution in [0.5, 0.6) is 0 Å². The third kappa shape index (κ3) is 3.24. The molecule has 0 saturated heterocycles. The maximum Gasteiger partial charge on any atom is 0.299 e. The summed E-state index contributed by atoms with van der Waals surface area (Å²) >= 11 is -2.03. The molecular weight excluding hydrogens is 328 g/mol. The van der Waals surface area contributed by atoms with E-state index in [1.54, 1.807) is 19.1 Å². The number of nitrogens with one attached hydrogen (secondary N) is 1. The summed E-state index contributed by atoms with van der Waals surface area (Å²) in [4.78, 5) is 12.7. The number of H-pyrrole nitrogens is 1. The minimum atomic E-state index is -2.03. The van der Waals surface area contributed by atoms with Crippen LogP contribution in [0.4, 0.5) is 11.4 Å². The van der Waals surface area contributed by atoms with Gasteiger partial charge in [-0.1, -0.05) is 18.2 Å². The van der Waals surface area contributed by atoms with Gasteiger partial charge in [-0.15, -0.1) is 5.11 Å². The lowest BCUT2D eigenvalue weighted by Gasteiger charge is -1.99. The number of aromatic amines is 1. The average Bonchev–Trinajstić information content (AvgIpc) is 2.88. The predicted molar refractivity (Wildman–Crippen MR) is 90.8 cm³/mol. The maximum atomic E-state index is 12.5. The Bertz CT molecular complexity index is 959. The standard InChI is InChI=1S/C16H14N4O3S/c1-11-15(16(21)20(19-11)13-5-3-2-4-6-13)18-17-12-7-9-14(10-8-12)24(22)23/h2-10,19H,1H3,(H,22,23). The third-order valence-electron chi connectivity index (χ3n) is 3.36. The van der Waals surface area contributed by atoms with Gasteiger partial charge in [0.15, 0.2) is 16.8 Å². The van der Waals surface area contributed by atoms with Gasteiger partial charge in [0.05, 0.1) is 22.0 Å². The van der Waals surface area contributed by atoms with Crippen molar-refractivity contribution < 1.29 is 8.76 Å². The lowest BCUT2D eigenvalue weighted by Crippen LogP contribution is -2.13. The van der Waals surface area contributed by atoms with Gasteiger partial charge >= 0.3 is 0 Å². The number of aromatic nitrogens is 2. The second kappa shape index (κ2) is 6.73. The Hall–Kier alpha value is -2.84. The Kier molecular flexibility index (Phi) is 4.50. The summed E-state index contributed by atoms with van der Waals surface area (Å²) in [5, 5.41) is 11.0. The molecule has 0 amide bonds. The highest BCUT2D eigenvalue weighted by molar-refractivity contribution is 7.79. The summed E-state index contributed by atoms with van der Waals surface area (Å²) in [6.07, 6.45) is 0. The highest BCUT2D eigenvalue weighted by Crippen LogP contribution is 2.20. The van der Waals surface area contributed by atoms with Crippen molar-refractivity contribution >= 4 is 22.5 Å². The lowest BCUT2D eigenvalue weighted by molar-refractivity contribution is 0.564. The van der Waals surface area contributed by atoms with E-state index in [1.807, 2.05) is 30.3 Å². The molecule has 7 nitrogen and oxygen atoms in total. The summed E-state index contributed by atoms with van der Waals surface area (Å²) in [5.74, 6) is 0. The summed E-state index contributed by atoms with van der Waals surface area (Å²) in [5.41, 5.74) is 1.71. The van der Waals surface area contributed by atoms with Crippen molar-refractivity contribution in [3.8, 4) is 5.69 Å². The van der Waals surface area contributed by atoms with Gasteiger partial charge in [0.2, 0.25) is 0 Å². The number of benzene rings is 2. The number of para-hydroxylation sites is 1. The Morgan fingerprint density at radius 1 is 1.04 bits per heavy atom. The van der Waals surface area contributed by atoms with Crippen molar-refractivity contribution in [2.75, 3.05) is 0 Å². The number of azo groups is 1. The molecule has 1 unspecified atom stereocenters. The number of rotatable bonds is 4. The van der Waals surface area contributed by atoms with Gasteiger partial charge in [-0.05, 0) is 43.3 Å². The molecule has 0 spiro atoms. The van der Waals surface area contributed by atoms with Crippen LogP contribution in [-0.4, -0.2) is 18.5 Å². The van der Waals surface area contributed by atoms with E-state index in [9.17, 15) is 9.00 Å². The van der Waals surface area contributed by atoms with E-state index in [1.165, 1.54) is 16.8 Å². The minimum Gasteiger partial charge on any atom is -0.302 e. The first-order valence-electron chi connectivity index (χ1n) is 7.06. The highest BCUT2D eigenvalue weighted by Gasteiger charge is 2.11. The van der Waals surface area contributed by atoms with Gasteiger partial charge in [-0.2, -0.15) is 5.11 Å². The van der Waals surface area contributed by atoms with E-state index in [2.05, 4.69) is 15.3 Å². The topological polar surface area (TPSA) is 99.8 Å². The molecule has 0 saturated carbocycles. The van der Waals surface area contributed by atoms with Crippen LogP contribution in [0.3, 0.4) is 0 Å². The summed E-state index contributed by atoms with van der Waals surface area (Å²) in [6, 6.07) is 15.3. The maximum absolute atomic E-state index is 12.5. The zero-order valence-electron chi connectivity index (χ0n) is 12.7. The quantitative estimate of drug-likeness (QED) is 0.561. The molecule has 0 aliphatic heterocycles. The molecule has 2 aromatic carbocycles. The molecule has 8 heteroatoms. The molecule has 122 valence electrons. The molecule has 3 rings (SSSR count). The van der Waals surface area contributed by atoms with Crippen molar-refractivity contribution in [1.29, 1.82) is 0 Å². The van der Waals surface area contributed by atoms with E-state index >= 15 is 0 Å². The van der Waals surface area contributed by atoms with Crippen molar-refractivity contribution in [3.63, 3.8) is 0 Å². The number of hydrogen-bond acceptors (Lipinski definition) is 4. The first kappa shape index (κ1) is 16.0. The molecule has 2 N–H and O–H groups in total. The van der Waals surface area contributed by atoms with Crippen LogP contribution in [0.1, 0.15) is 5.69 Å². The molecule has 0 aliphatic carbocycles. The zero-order chi connectivity index (χ0) is 17.1.